The smallest absolute Gasteiger partial charge is 0.160 e. The Morgan fingerprint density at radius 1 is 1.29 bits per heavy atom. The number of H-pyrrole nitrogens is 1. The van der Waals surface area contributed by atoms with Crippen molar-refractivity contribution in [2.24, 2.45) is 0 Å². The van der Waals surface area contributed by atoms with Gasteiger partial charge >= 0.3 is 0 Å². The van der Waals surface area contributed by atoms with Gasteiger partial charge in [-0.1, -0.05) is 0 Å². The molecule has 0 radical (unpaired) electrons. The summed E-state index contributed by atoms with van der Waals surface area (Å²) in [4.78, 5) is 4.00. The minimum absolute atomic E-state index is 0.506. The number of benzene rings is 1. The van der Waals surface area contributed by atoms with Crippen molar-refractivity contribution in [1.82, 2.24) is 25.5 Å². The summed E-state index contributed by atoms with van der Waals surface area (Å²) in [6.07, 6.45) is 1.45. The number of aromatic nitrogens is 5. The molecular weight excluding hydrogens is 222 g/mol. The highest BCUT2D eigenvalue weighted by Gasteiger charge is 2.09. The zero-order valence-electron chi connectivity index (χ0n) is 8.71. The van der Waals surface area contributed by atoms with Gasteiger partial charge in [0.25, 0.3) is 0 Å². The first-order valence-electron chi connectivity index (χ1n) is 4.93. The highest BCUT2D eigenvalue weighted by atomic mass is 16.6. The van der Waals surface area contributed by atoms with E-state index in [9.17, 15) is 0 Å². The van der Waals surface area contributed by atoms with Crippen LogP contribution in [0.15, 0.2) is 23.1 Å². The second-order valence-corrected chi connectivity index (χ2v) is 3.45. The molecule has 1 aromatic carbocycles. The van der Waals surface area contributed by atoms with Crippen molar-refractivity contribution < 1.29 is 4.63 Å². The van der Waals surface area contributed by atoms with Crippen molar-refractivity contribution in [3.63, 3.8) is 0 Å². The van der Waals surface area contributed by atoms with E-state index < -0.39 is 0 Å². The molecule has 2 heterocycles. The highest BCUT2D eigenvalue weighted by Crippen LogP contribution is 2.25. The van der Waals surface area contributed by atoms with Crippen molar-refractivity contribution in [2.45, 2.75) is 6.54 Å². The fourth-order valence-corrected chi connectivity index (χ4v) is 1.52. The molecule has 4 N–H and O–H groups in total. The van der Waals surface area contributed by atoms with Crippen molar-refractivity contribution in [2.75, 3.05) is 11.1 Å². The number of rotatable bonds is 3. The van der Waals surface area contributed by atoms with Crippen LogP contribution in [0.2, 0.25) is 0 Å². The number of hydrogen-bond acceptors (Lipinski definition) is 7. The first-order chi connectivity index (χ1) is 8.34. The quantitative estimate of drug-likeness (QED) is 0.562. The van der Waals surface area contributed by atoms with E-state index in [1.807, 2.05) is 6.07 Å². The van der Waals surface area contributed by atoms with Crippen LogP contribution in [0.4, 0.5) is 11.4 Å². The molecule has 0 amide bonds. The second kappa shape index (κ2) is 3.74. The normalized spacial score (nSPS) is 10.8. The maximum atomic E-state index is 5.74. The largest absolute Gasteiger partial charge is 0.397 e. The molecule has 0 aliphatic heterocycles. The molecule has 0 spiro atoms. The predicted octanol–water partition coefficient (Wildman–Crippen LogP) is 0.535. The SMILES string of the molecule is Nc1ccc(NCc2ncn[nH]2)c2nonc12. The van der Waals surface area contributed by atoms with Crippen LogP contribution >= 0.6 is 0 Å². The first kappa shape index (κ1) is 9.58. The number of nitrogens with one attached hydrogen (secondary N) is 2. The van der Waals surface area contributed by atoms with Crippen LogP contribution in [-0.2, 0) is 6.54 Å². The summed E-state index contributed by atoms with van der Waals surface area (Å²) >= 11 is 0. The zero-order valence-corrected chi connectivity index (χ0v) is 8.71. The summed E-state index contributed by atoms with van der Waals surface area (Å²) in [6.45, 7) is 0.506. The molecule has 0 aliphatic rings. The van der Waals surface area contributed by atoms with Gasteiger partial charge in [-0.05, 0) is 22.4 Å². The third-order valence-corrected chi connectivity index (χ3v) is 2.36. The summed E-state index contributed by atoms with van der Waals surface area (Å²) in [5, 5.41) is 17.2. The monoisotopic (exact) mass is 231 g/mol. The fraction of sp³-hybridized carbons (Fsp3) is 0.111. The van der Waals surface area contributed by atoms with Gasteiger partial charge in [0.1, 0.15) is 12.2 Å². The van der Waals surface area contributed by atoms with Crippen molar-refractivity contribution >= 4 is 22.4 Å². The second-order valence-electron chi connectivity index (χ2n) is 3.45. The number of nitrogen functional groups attached to an aromatic ring is 1. The number of hydrogen-bond donors (Lipinski definition) is 3. The molecule has 8 nitrogen and oxygen atoms in total. The molecule has 0 fully saturated rings. The molecule has 17 heavy (non-hydrogen) atoms. The highest BCUT2D eigenvalue weighted by molar-refractivity contribution is 5.94. The van der Waals surface area contributed by atoms with E-state index in [4.69, 9.17) is 5.73 Å². The van der Waals surface area contributed by atoms with Gasteiger partial charge in [-0.15, -0.1) is 0 Å². The molecule has 0 aliphatic carbocycles. The van der Waals surface area contributed by atoms with E-state index >= 15 is 0 Å². The standard InChI is InChI=1S/C9H9N7O/c10-5-1-2-6(9-8(5)15-17-16-9)11-3-7-12-4-13-14-7/h1-2,4,11H,3,10H2,(H,12,13,14). The van der Waals surface area contributed by atoms with E-state index in [1.54, 1.807) is 6.07 Å². The molecule has 2 aromatic heterocycles. The van der Waals surface area contributed by atoms with Crippen LogP contribution in [0.25, 0.3) is 11.0 Å². The maximum Gasteiger partial charge on any atom is 0.160 e. The summed E-state index contributed by atoms with van der Waals surface area (Å²) in [6, 6.07) is 3.56. The van der Waals surface area contributed by atoms with Crippen LogP contribution in [0.1, 0.15) is 5.82 Å². The van der Waals surface area contributed by atoms with Gasteiger partial charge < -0.3 is 11.1 Å². The Balaban J connectivity index is 1.90. The average Bonchev–Trinajstić information content (AvgIpc) is 2.99. The molecule has 0 saturated heterocycles. The molecule has 86 valence electrons. The summed E-state index contributed by atoms with van der Waals surface area (Å²) in [5.74, 6) is 0.728. The Hall–Kier alpha value is -2.64. The molecule has 3 rings (SSSR count). The van der Waals surface area contributed by atoms with E-state index in [0.29, 0.717) is 23.3 Å². The molecular formula is C9H9N7O. The van der Waals surface area contributed by atoms with E-state index in [1.165, 1.54) is 6.33 Å². The zero-order chi connectivity index (χ0) is 11.7. The lowest BCUT2D eigenvalue weighted by Gasteiger charge is -2.04. The van der Waals surface area contributed by atoms with Gasteiger partial charge in [-0.2, -0.15) is 5.10 Å². The summed E-state index contributed by atoms with van der Waals surface area (Å²) < 4.78 is 4.67. The maximum absolute atomic E-state index is 5.74. The Kier molecular flexibility index (Phi) is 2.11. The van der Waals surface area contributed by atoms with Crippen LogP contribution in [0.5, 0.6) is 0 Å². The topological polar surface area (TPSA) is 119 Å². The number of nitrogens with two attached hydrogens (primary N) is 1. The van der Waals surface area contributed by atoms with Crippen LogP contribution in [0.3, 0.4) is 0 Å². The summed E-state index contributed by atoms with van der Waals surface area (Å²) in [5.41, 5.74) is 8.21. The fourth-order valence-electron chi connectivity index (χ4n) is 1.52. The van der Waals surface area contributed by atoms with Crippen LogP contribution in [-0.4, -0.2) is 25.5 Å². The number of anilines is 2. The Labute approximate surface area is 95.2 Å². The van der Waals surface area contributed by atoms with Gasteiger partial charge in [-0.25, -0.2) is 9.61 Å². The van der Waals surface area contributed by atoms with Gasteiger partial charge in [0, 0.05) is 0 Å². The molecule has 3 aromatic rings. The number of nitrogens with zero attached hydrogens (tertiary/aromatic N) is 4. The van der Waals surface area contributed by atoms with Gasteiger partial charge in [0.05, 0.1) is 17.9 Å². The molecule has 0 saturated carbocycles. The third kappa shape index (κ3) is 1.65. The summed E-state index contributed by atoms with van der Waals surface area (Å²) in [7, 11) is 0. The van der Waals surface area contributed by atoms with E-state index in [2.05, 4.69) is 35.4 Å². The number of aromatic amines is 1. The van der Waals surface area contributed by atoms with E-state index in [-0.39, 0.29) is 0 Å². The van der Waals surface area contributed by atoms with Crippen molar-refractivity contribution in [3.8, 4) is 0 Å². The molecule has 0 unspecified atom stereocenters. The third-order valence-electron chi connectivity index (χ3n) is 2.36. The number of fused-ring (bicyclic) bond motifs is 1. The lowest BCUT2D eigenvalue weighted by molar-refractivity contribution is 0.315. The Morgan fingerprint density at radius 3 is 3.00 bits per heavy atom. The van der Waals surface area contributed by atoms with Gasteiger partial charge in [0.2, 0.25) is 0 Å². The lowest BCUT2D eigenvalue weighted by Crippen LogP contribution is -2.02. The Bertz CT molecular complexity index is 630. The van der Waals surface area contributed by atoms with Crippen molar-refractivity contribution in [3.05, 3.63) is 24.3 Å². The minimum Gasteiger partial charge on any atom is -0.397 e. The van der Waals surface area contributed by atoms with Gasteiger partial charge in [0.15, 0.2) is 11.0 Å². The van der Waals surface area contributed by atoms with Crippen LogP contribution < -0.4 is 11.1 Å². The lowest BCUT2D eigenvalue weighted by atomic mass is 10.2. The first-order valence-corrected chi connectivity index (χ1v) is 4.93. The molecule has 0 atom stereocenters. The predicted molar refractivity (Wildman–Crippen MR) is 59.9 cm³/mol. The molecule has 8 heteroatoms. The van der Waals surface area contributed by atoms with Crippen molar-refractivity contribution in [1.29, 1.82) is 0 Å². The van der Waals surface area contributed by atoms with Gasteiger partial charge in [-0.3, -0.25) is 5.10 Å². The average molecular weight is 231 g/mol. The van der Waals surface area contributed by atoms with E-state index in [0.717, 1.165) is 11.5 Å². The Morgan fingerprint density at radius 2 is 2.18 bits per heavy atom. The van der Waals surface area contributed by atoms with Crippen LogP contribution in [0, 0.1) is 0 Å². The molecule has 0 bridgehead atoms. The minimum atomic E-state index is 0.506.